The first kappa shape index (κ1) is 20.8. The summed E-state index contributed by atoms with van der Waals surface area (Å²) >= 11 is 0. The Labute approximate surface area is 201 Å². The van der Waals surface area contributed by atoms with Crippen LogP contribution in [0.3, 0.4) is 0 Å². The van der Waals surface area contributed by atoms with Gasteiger partial charge in [-0.1, -0.05) is 18.2 Å². The van der Waals surface area contributed by atoms with Gasteiger partial charge in [0, 0.05) is 18.0 Å². The molecule has 2 aromatic carbocycles. The lowest BCUT2D eigenvalue weighted by Crippen LogP contribution is -2.48. The maximum atomic E-state index is 5.87. The van der Waals surface area contributed by atoms with Crippen molar-refractivity contribution in [3.05, 3.63) is 53.6 Å². The number of para-hydroxylation sites is 2. The Morgan fingerprint density at radius 1 is 1.00 bits per heavy atom. The minimum absolute atomic E-state index is 0.423. The van der Waals surface area contributed by atoms with E-state index in [2.05, 4.69) is 59.1 Å². The molecule has 2 aromatic heterocycles. The van der Waals surface area contributed by atoms with Gasteiger partial charge < -0.3 is 15.3 Å². The molecular weight excluding hydrogens is 416 g/mol. The molecule has 0 aliphatic heterocycles. The highest BCUT2D eigenvalue weighted by Crippen LogP contribution is 2.61. The van der Waals surface area contributed by atoms with Gasteiger partial charge in [-0.3, -0.25) is 0 Å². The maximum Gasteiger partial charge on any atom is 0.157 e. The van der Waals surface area contributed by atoms with Crippen LogP contribution in [-0.4, -0.2) is 21.1 Å². The van der Waals surface area contributed by atoms with Crippen molar-refractivity contribution >= 4 is 21.9 Å². The number of hydrogen-bond acceptors (Lipinski definition) is 2. The van der Waals surface area contributed by atoms with Crippen molar-refractivity contribution in [2.75, 3.05) is 6.54 Å². The van der Waals surface area contributed by atoms with E-state index in [0.29, 0.717) is 5.41 Å². The van der Waals surface area contributed by atoms with Crippen molar-refractivity contribution in [1.82, 2.24) is 14.5 Å². The first-order valence-electron chi connectivity index (χ1n) is 13.4. The van der Waals surface area contributed by atoms with Crippen LogP contribution in [0.2, 0.25) is 0 Å². The lowest BCUT2D eigenvalue weighted by molar-refractivity contribution is -0.00513. The zero-order valence-electron chi connectivity index (χ0n) is 20.3. The predicted octanol–water partition coefficient (Wildman–Crippen LogP) is 6.47. The van der Waals surface area contributed by atoms with E-state index in [4.69, 9.17) is 10.7 Å². The zero-order valence-corrected chi connectivity index (χ0v) is 20.3. The molecule has 3 N–H and O–H groups in total. The number of fused-ring (bicyclic) bond motifs is 2. The molecular formula is C30H36N4. The maximum absolute atomic E-state index is 5.87. The Bertz CT molecular complexity index is 1340. The molecule has 2 heterocycles. The number of nitrogens with two attached hydrogens (primary N) is 1. The second-order valence-corrected chi connectivity index (χ2v) is 11.7. The molecule has 4 nitrogen and oxygen atoms in total. The molecule has 34 heavy (non-hydrogen) atoms. The smallest absolute Gasteiger partial charge is 0.157 e. The van der Waals surface area contributed by atoms with Crippen LogP contribution in [0.15, 0.2) is 42.5 Å². The lowest BCUT2D eigenvalue weighted by Gasteiger charge is -2.57. The number of hydrogen-bond donors (Lipinski definition) is 2. The standard InChI is InChI=1S/C30H36N4/c1-34-27-8-3-2-7-26(27)33-29(34)28-23(6-4-5-11-31)24-15-22(9-10-25(24)32-28)30-16-19-12-20(17-30)14-21(13-19)18-30/h2-3,7-10,15,19-21,32H,4-6,11-14,16-18,31H2,1H3. The number of nitrogens with one attached hydrogen (secondary N) is 1. The van der Waals surface area contributed by atoms with Gasteiger partial charge in [0.1, 0.15) is 0 Å². The molecule has 0 spiro atoms. The number of aromatic nitrogens is 3. The summed E-state index contributed by atoms with van der Waals surface area (Å²) in [5.41, 5.74) is 14.0. The summed E-state index contributed by atoms with van der Waals surface area (Å²) in [6.07, 6.45) is 11.9. The second-order valence-electron chi connectivity index (χ2n) is 11.7. The third-order valence-corrected chi connectivity index (χ3v) is 9.45. The summed E-state index contributed by atoms with van der Waals surface area (Å²) < 4.78 is 2.24. The van der Waals surface area contributed by atoms with Crippen molar-refractivity contribution in [2.24, 2.45) is 30.5 Å². The van der Waals surface area contributed by atoms with Gasteiger partial charge in [-0.15, -0.1) is 0 Å². The third kappa shape index (κ3) is 3.11. The van der Waals surface area contributed by atoms with Gasteiger partial charge in [0.05, 0.1) is 16.7 Å². The molecule has 4 bridgehead atoms. The number of nitrogens with zero attached hydrogens (tertiary/aromatic N) is 2. The molecule has 8 rings (SSSR count). The lowest BCUT2D eigenvalue weighted by atomic mass is 9.48. The molecule has 176 valence electrons. The molecule has 0 radical (unpaired) electrons. The Kier molecular flexibility index (Phi) is 4.71. The van der Waals surface area contributed by atoms with E-state index in [1.165, 1.54) is 66.2 Å². The van der Waals surface area contributed by atoms with Gasteiger partial charge in [-0.05, 0) is 123 Å². The monoisotopic (exact) mass is 452 g/mol. The molecule has 4 saturated carbocycles. The number of H-pyrrole nitrogens is 1. The highest BCUT2D eigenvalue weighted by Gasteiger charge is 2.51. The van der Waals surface area contributed by atoms with Crippen LogP contribution in [-0.2, 0) is 18.9 Å². The number of aromatic amines is 1. The Hall–Kier alpha value is -2.59. The van der Waals surface area contributed by atoms with Gasteiger partial charge in [0.2, 0.25) is 0 Å². The fraction of sp³-hybridized carbons (Fsp3) is 0.500. The van der Waals surface area contributed by atoms with Crippen LogP contribution >= 0.6 is 0 Å². The molecule has 0 unspecified atom stereocenters. The van der Waals surface area contributed by atoms with Crippen LogP contribution < -0.4 is 5.73 Å². The van der Waals surface area contributed by atoms with Crippen LogP contribution in [0.1, 0.15) is 62.5 Å². The summed E-state index contributed by atoms with van der Waals surface area (Å²) in [5, 5.41) is 1.41. The molecule has 0 saturated heterocycles. The van der Waals surface area contributed by atoms with Gasteiger partial charge in [-0.2, -0.15) is 0 Å². The molecule has 4 heteroatoms. The topological polar surface area (TPSA) is 59.6 Å². The van der Waals surface area contributed by atoms with E-state index >= 15 is 0 Å². The number of imidazole rings is 1. The van der Waals surface area contributed by atoms with Crippen molar-refractivity contribution in [3.63, 3.8) is 0 Å². The van der Waals surface area contributed by atoms with E-state index in [9.17, 15) is 0 Å². The first-order chi connectivity index (χ1) is 16.6. The average molecular weight is 453 g/mol. The van der Waals surface area contributed by atoms with E-state index in [1.807, 2.05) is 0 Å². The fourth-order valence-electron chi connectivity index (χ4n) is 8.31. The molecule has 0 atom stereocenters. The molecule has 4 fully saturated rings. The van der Waals surface area contributed by atoms with E-state index in [1.54, 1.807) is 5.56 Å². The fourth-order valence-corrected chi connectivity index (χ4v) is 8.31. The number of benzene rings is 2. The van der Waals surface area contributed by atoms with Crippen LogP contribution in [0, 0.1) is 17.8 Å². The van der Waals surface area contributed by atoms with E-state index < -0.39 is 0 Å². The molecule has 4 aliphatic carbocycles. The van der Waals surface area contributed by atoms with E-state index in [0.717, 1.165) is 54.9 Å². The average Bonchev–Trinajstić information content (AvgIpc) is 3.36. The van der Waals surface area contributed by atoms with Crippen LogP contribution in [0.25, 0.3) is 33.5 Å². The zero-order chi connectivity index (χ0) is 22.9. The first-order valence-corrected chi connectivity index (χ1v) is 13.4. The van der Waals surface area contributed by atoms with E-state index in [-0.39, 0.29) is 0 Å². The summed E-state index contributed by atoms with van der Waals surface area (Å²) in [5.74, 6) is 3.93. The van der Waals surface area contributed by atoms with Crippen LogP contribution in [0.4, 0.5) is 0 Å². The molecule has 4 aliphatic rings. The highest BCUT2D eigenvalue weighted by molar-refractivity contribution is 5.92. The Morgan fingerprint density at radius 2 is 1.74 bits per heavy atom. The highest BCUT2D eigenvalue weighted by atomic mass is 15.1. The minimum atomic E-state index is 0.423. The summed E-state index contributed by atoms with van der Waals surface area (Å²) in [6.45, 7) is 0.752. The summed E-state index contributed by atoms with van der Waals surface area (Å²) in [7, 11) is 2.14. The minimum Gasteiger partial charge on any atom is -0.352 e. The Morgan fingerprint density at radius 3 is 2.44 bits per heavy atom. The predicted molar refractivity (Wildman–Crippen MR) is 140 cm³/mol. The van der Waals surface area contributed by atoms with Gasteiger partial charge in [0.25, 0.3) is 0 Å². The third-order valence-electron chi connectivity index (χ3n) is 9.45. The number of unbranched alkanes of at least 4 members (excludes halogenated alkanes) is 1. The van der Waals surface area contributed by atoms with Crippen LogP contribution in [0.5, 0.6) is 0 Å². The van der Waals surface area contributed by atoms with Crippen molar-refractivity contribution < 1.29 is 0 Å². The number of aryl methyl sites for hydroxylation is 2. The molecule has 0 amide bonds. The largest absolute Gasteiger partial charge is 0.352 e. The molecule has 4 aromatic rings. The SMILES string of the molecule is Cn1c(-c2[nH]c3ccc(C45CC6CC(CC(C6)C4)C5)cc3c2CCCCN)nc2ccccc21. The summed E-state index contributed by atoms with van der Waals surface area (Å²) in [4.78, 5) is 8.85. The van der Waals surface area contributed by atoms with Crippen molar-refractivity contribution in [2.45, 2.75) is 63.2 Å². The quantitative estimate of drug-likeness (QED) is 0.329. The van der Waals surface area contributed by atoms with Gasteiger partial charge in [0.15, 0.2) is 5.82 Å². The van der Waals surface area contributed by atoms with Gasteiger partial charge >= 0.3 is 0 Å². The van der Waals surface area contributed by atoms with Crippen molar-refractivity contribution in [3.8, 4) is 11.5 Å². The van der Waals surface area contributed by atoms with Gasteiger partial charge in [-0.25, -0.2) is 4.98 Å². The second kappa shape index (κ2) is 7.71. The number of rotatable bonds is 6. The Balaban J connectivity index is 1.37. The summed E-state index contributed by atoms with van der Waals surface area (Å²) in [6, 6.07) is 15.8. The normalized spacial score (nSPS) is 27.9. The van der Waals surface area contributed by atoms with Crippen molar-refractivity contribution in [1.29, 1.82) is 0 Å².